The van der Waals surface area contributed by atoms with Crippen LogP contribution in [0.25, 0.3) is 0 Å². The van der Waals surface area contributed by atoms with E-state index in [0.717, 1.165) is 31.7 Å². The van der Waals surface area contributed by atoms with Gasteiger partial charge in [-0.1, -0.05) is 25.1 Å². The predicted molar refractivity (Wildman–Crippen MR) is 63.9 cm³/mol. The number of fused-ring (bicyclic) bond motifs is 1. The summed E-state index contributed by atoms with van der Waals surface area (Å²) in [5, 5.41) is 0. The monoisotopic (exact) mass is 216 g/mol. The van der Waals surface area contributed by atoms with Crippen LogP contribution in [0.5, 0.6) is 5.75 Å². The van der Waals surface area contributed by atoms with Crippen molar-refractivity contribution in [2.75, 3.05) is 13.1 Å². The van der Waals surface area contributed by atoms with Gasteiger partial charge in [-0.2, -0.15) is 0 Å². The minimum atomic E-state index is -0.191. The highest BCUT2D eigenvalue weighted by Gasteiger charge is 2.42. The second-order valence-electron chi connectivity index (χ2n) is 4.40. The molecule has 0 radical (unpaired) electrons. The molecule has 0 aromatic heterocycles. The SMILES string of the molecule is CCC1(N2C=NCC2)Cc2ccccc2O1. The van der Waals surface area contributed by atoms with E-state index in [1.165, 1.54) is 5.56 Å². The highest BCUT2D eigenvalue weighted by atomic mass is 16.5. The van der Waals surface area contributed by atoms with Gasteiger partial charge in [-0.25, -0.2) is 0 Å². The Morgan fingerprint density at radius 2 is 2.31 bits per heavy atom. The van der Waals surface area contributed by atoms with Crippen LogP contribution < -0.4 is 4.74 Å². The minimum absolute atomic E-state index is 0.191. The van der Waals surface area contributed by atoms with Crippen LogP contribution in [0.4, 0.5) is 0 Å². The first-order valence-corrected chi connectivity index (χ1v) is 5.88. The van der Waals surface area contributed by atoms with Gasteiger partial charge in [0, 0.05) is 24.9 Å². The molecule has 0 bridgehead atoms. The zero-order valence-electron chi connectivity index (χ0n) is 9.52. The Morgan fingerprint density at radius 1 is 1.44 bits per heavy atom. The third kappa shape index (κ3) is 1.31. The fraction of sp³-hybridized carbons (Fsp3) is 0.462. The topological polar surface area (TPSA) is 24.8 Å². The Labute approximate surface area is 95.7 Å². The van der Waals surface area contributed by atoms with E-state index in [2.05, 4.69) is 35.0 Å². The van der Waals surface area contributed by atoms with Crippen molar-refractivity contribution in [3.05, 3.63) is 29.8 Å². The molecule has 2 aliphatic rings. The molecular weight excluding hydrogens is 200 g/mol. The predicted octanol–water partition coefficient (Wildman–Crippen LogP) is 2.07. The summed E-state index contributed by atoms with van der Waals surface area (Å²) in [5.41, 5.74) is 1.12. The molecule has 1 aromatic carbocycles. The first kappa shape index (κ1) is 9.70. The average Bonchev–Trinajstić information content (AvgIpc) is 2.96. The van der Waals surface area contributed by atoms with Crippen molar-refractivity contribution in [2.45, 2.75) is 25.5 Å². The Hall–Kier alpha value is -1.51. The van der Waals surface area contributed by atoms with Gasteiger partial charge in [0.05, 0.1) is 12.9 Å². The van der Waals surface area contributed by atoms with Crippen LogP contribution in [0.2, 0.25) is 0 Å². The lowest BCUT2D eigenvalue weighted by Gasteiger charge is -2.36. The third-order valence-corrected chi connectivity index (χ3v) is 3.51. The molecule has 0 amide bonds. The summed E-state index contributed by atoms with van der Waals surface area (Å²) < 4.78 is 6.16. The minimum Gasteiger partial charge on any atom is -0.467 e. The molecule has 0 spiro atoms. The van der Waals surface area contributed by atoms with Crippen LogP contribution in [-0.4, -0.2) is 30.1 Å². The van der Waals surface area contributed by atoms with E-state index in [-0.39, 0.29) is 5.72 Å². The average molecular weight is 216 g/mol. The molecule has 16 heavy (non-hydrogen) atoms. The van der Waals surface area contributed by atoms with E-state index in [0.29, 0.717) is 0 Å². The van der Waals surface area contributed by atoms with Crippen molar-refractivity contribution in [1.29, 1.82) is 0 Å². The molecule has 3 heteroatoms. The molecule has 0 saturated carbocycles. The van der Waals surface area contributed by atoms with Crippen molar-refractivity contribution < 1.29 is 4.74 Å². The van der Waals surface area contributed by atoms with E-state index in [1.807, 2.05) is 12.4 Å². The summed E-state index contributed by atoms with van der Waals surface area (Å²) in [6, 6.07) is 8.31. The van der Waals surface area contributed by atoms with Gasteiger partial charge in [-0.15, -0.1) is 0 Å². The molecule has 2 aliphatic heterocycles. The molecule has 3 rings (SSSR count). The summed E-state index contributed by atoms with van der Waals surface area (Å²) in [6.07, 6.45) is 3.88. The molecule has 1 atom stereocenters. The summed E-state index contributed by atoms with van der Waals surface area (Å²) in [5.74, 6) is 1.03. The smallest absolute Gasteiger partial charge is 0.187 e. The number of hydrogen-bond acceptors (Lipinski definition) is 3. The maximum absolute atomic E-state index is 6.16. The van der Waals surface area contributed by atoms with E-state index >= 15 is 0 Å². The largest absolute Gasteiger partial charge is 0.467 e. The molecule has 1 aromatic rings. The van der Waals surface area contributed by atoms with E-state index in [4.69, 9.17) is 4.74 Å². The normalized spacial score (nSPS) is 26.9. The summed E-state index contributed by atoms with van der Waals surface area (Å²) in [7, 11) is 0. The number of nitrogens with zero attached hydrogens (tertiary/aromatic N) is 2. The molecule has 0 N–H and O–H groups in total. The number of hydrogen-bond donors (Lipinski definition) is 0. The van der Waals surface area contributed by atoms with Gasteiger partial charge in [-0.3, -0.25) is 4.99 Å². The van der Waals surface area contributed by atoms with Crippen molar-refractivity contribution >= 4 is 6.34 Å². The molecule has 0 saturated heterocycles. The first-order valence-electron chi connectivity index (χ1n) is 5.88. The van der Waals surface area contributed by atoms with Gasteiger partial charge >= 0.3 is 0 Å². The standard InChI is InChI=1S/C13H16N2O/c1-2-13(15-8-7-14-10-15)9-11-5-3-4-6-12(11)16-13/h3-6,10H,2,7-9H2,1H3. The lowest BCUT2D eigenvalue weighted by atomic mass is 10.0. The molecule has 84 valence electrons. The van der Waals surface area contributed by atoms with E-state index < -0.39 is 0 Å². The fourth-order valence-electron chi connectivity index (χ4n) is 2.54. The van der Waals surface area contributed by atoms with Crippen LogP contribution in [0.3, 0.4) is 0 Å². The lowest BCUT2D eigenvalue weighted by Crippen LogP contribution is -2.50. The van der Waals surface area contributed by atoms with Crippen LogP contribution in [0.1, 0.15) is 18.9 Å². The molecule has 0 fully saturated rings. The van der Waals surface area contributed by atoms with Gasteiger partial charge < -0.3 is 9.64 Å². The molecule has 3 nitrogen and oxygen atoms in total. The molecular formula is C13H16N2O. The summed E-state index contributed by atoms with van der Waals surface area (Å²) in [6.45, 7) is 4.04. The zero-order chi connectivity index (χ0) is 11.0. The van der Waals surface area contributed by atoms with Crippen molar-refractivity contribution in [3.8, 4) is 5.75 Å². The van der Waals surface area contributed by atoms with Gasteiger partial charge in [0.15, 0.2) is 5.72 Å². The maximum Gasteiger partial charge on any atom is 0.187 e. The van der Waals surface area contributed by atoms with Crippen molar-refractivity contribution in [2.24, 2.45) is 4.99 Å². The van der Waals surface area contributed by atoms with Crippen LogP contribution in [0, 0.1) is 0 Å². The fourth-order valence-corrected chi connectivity index (χ4v) is 2.54. The van der Waals surface area contributed by atoms with Gasteiger partial charge in [0.25, 0.3) is 0 Å². The number of aliphatic imine (C=N–C) groups is 1. The number of rotatable bonds is 2. The number of benzene rings is 1. The molecule has 0 aliphatic carbocycles. The molecule has 1 unspecified atom stereocenters. The van der Waals surface area contributed by atoms with E-state index in [9.17, 15) is 0 Å². The van der Waals surface area contributed by atoms with Crippen LogP contribution in [-0.2, 0) is 6.42 Å². The second kappa shape index (κ2) is 3.51. The number of ether oxygens (including phenoxy) is 1. The summed E-state index contributed by atoms with van der Waals surface area (Å²) in [4.78, 5) is 6.53. The van der Waals surface area contributed by atoms with Crippen molar-refractivity contribution in [1.82, 2.24) is 4.90 Å². The Balaban J connectivity index is 1.93. The third-order valence-electron chi connectivity index (χ3n) is 3.51. The van der Waals surface area contributed by atoms with Gasteiger partial charge in [-0.05, 0) is 6.07 Å². The summed E-state index contributed by atoms with van der Waals surface area (Å²) >= 11 is 0. The second-order valence-corrected chi connectivity index (χ2v) is 4.40. The number of para-hydroxylation sites is 1. The molecule has 2 heterocycles. The van der Waals surface area contributed by atoms with Gasteiger partial charge in [0.1, 0.15) is 5.75 Å². The van der Waals surface area contributed by atoms with Crippen molar-refractivity contribution in [3.63, 3.8) is 0 Å². The first-order chi connectivity index (χ1) is 7.84. The Kier molecular flexibility index (Phi) is 2.13. The Morgan fingerprint density at radius 3 is 3.00 bits per heavy atom. The van der Waals surface area contributed by atoms with E-state index in [1.54, 1.807) is 0 Å². The highest BCUT2D eigenvalue weighted by molar-refractivity contribution is 5.59. The highest BCUT2D eigenvalue weighted by Crippen LogP contribution is 2.38. The Bertz CT molecular complexity index is 403. The van der Waals surface area contributed by atoms with Gasteiger partial charge in [0.2, 0.25) is 0 Å². The van der Waals surface area contributed by atoms with Crippen LogP contribution >= 0.6 is 0 Å². The maximum atomic E-state index is 6.16. The quantitative estimate of drug-likeness (QED) is 0.756. The zero-order valence-corrected chi connectivity index (χ0v) is 9.52. The van der Waals surface area contributed by atoms with Crippen LogP contribution in [0.15, 0.2) is 29.3 Å². The lowest BCUT2D eigenvalue weighted by molar-refractivity contribution is -0.0206.